The number of carbonyl (C=O) groups is 1. The van der Waals surface area contributed by atoms with E-state index in [4.69, 9.17) is 14.7 Å². The van der Waals surface area contributed by atoms with Crippen molar-refractivity contribution >= 4 is 17.7 Å². The van der Waals surface area contributed by atoms with Crippen LogP contribution in [0.5, 0.6) is 0 Å². The molecule has 1 aromatic carbocycles. The van der Waals surface area contributed by atoms with Crippen LogP contribution in [0.25, 0.3) is 11.4 Å². The highest BCUT2D eigenvalue weighted by Gasteiger charge is 2.32. The molecule has 1 aliphatic heterocycles. The van der Waals surface area contributed by atoms with Crippen LogP contribution < -0.4 is 9.80 Å². The van der Waals surface area contributed by atoms with E-state index in [0.717, 1.165) is 30.9 Å². The Hall–Kier alpha value is -3.62. The van der Waals surface area contributed by atoms with Gasteiger partial charge in [-0.15, -0.1) is 0 Å². The summed E-state index contributed by atoms with van der Waals surface area (Å²) in [7, 11) is 0. The first-order valence-corrected chi connectivity index (χ1v) is 11.8. The van der Waals surface area contributed by atoms with Crippen LogP contribution in [0.15, 0.2) is 48.9 Å². The Labute approximate surface area is 200 Å². The van der Waals surface area contributed by atoms with Crippen LogP contribution in [0, 0.1) is 0 Å². The van der Waals surface area contributed by atoms with Gasteiger partial charge in [0.1, 0.15) is 18.0 Å². The van der Waals surface area contributed by atoms with Crippen LogP contribution in [-0.2, 0) is 16.0 Å². The minimum Gasteiger partial charge on any atom is -0.465 e. The van der Waals surface area contributed by atoms with Crippen molar-refractivity contribution in [3.8, 4) is 11.4 Å². The fourth-order valence-electron chi connectivity index (χ4n) is 4.29. The second-order valence-electron chi connectivity index (χ2n) is 8.54. The number of benzene rings is 1. The Bertz CT molecular complexity index is 1080. The van der Waals surface area contributed by atoms with Crippen LogP contribution in [0.4, 0.5) is 11.8 Å². The molecule has 0 bridgehead atoms. The van der Waals surface area contributed by atoms with Gasteiger partial charge in [0.25, 0.3) is 0 Å². The molecule has 1 saturated heterocycles. The molecule has 0 amide bonds. The van der Waals surface area contributed by atoms with Gasteiger partial charge >= 0.3 is 5.97 Å². The van der Waals surface area contributed by atoms with Crippen molar-refractivity contribution in [2.24, 2.45) is 0 Å². The first-order chi connectivity index (χ1) is 16.5. The number of aromatic nitrogens is 5. The van der Waals surface area contributed by atoms with Crippen molar-refractivity contribution in [2.45, 2.75) is 52.1 Å². The van der Waals surface area contributed by atoms with Gasteiger partial charge in [0.05, 0.1) is 6.61 Å². The highest BCUT2D eigenvalue weighted by Crippen LogP contribution is 2.25. The summed E-state index contributed by atoms with van der Waals surface area (Å²) in [5.41, 5.74) is 0.972. The minimum atomic E-state index is -0.175. The van der Waals surface area contributed by atoms with E-state index >= 15 is 0 Å². The average molecular weight is 462 g/mol. The molecule has 0 aliphatic carbocycles. The zero-order chi connectivity index (χ0) is 23.9. The summed E-state index contributed by atoms with van der Waals surface area (Å²) in [4.78, 5) is 38.8. The van der Waals surface area contributed by atoms with Crippen LogP contribution in [-0.4, -0.2) is 62.7 Å². The Morgan fingerprint density at radius 1 is 1.03 bits per heavy atom. The Balaban J connectivity index is 1.43. The van der Waals surface area contributed by atoms with Crippen LogP contribution >= 0.6 is 0 Å². The van der Waals surface area contributed by atoms with E-state index in [1.165, 1.54) is 0 Å². The van der Waals surface area contributed by atoms with E-state index in [-0.39, 0.29) is 18.1 Å². The predicted octanol–water partition coefficient (Wildman–Crippen LogP) is 3.32. The van der Waals surface area contributed by atoms with Crippen molar-refractivity contribution in [2.75, 3.05) is 29.5 Å². The van der Waals surface area contributed by atoms with E-state index in [9.17, 15) is 4.79 Å². The van der Waals surface area contributed by atoms with Gasteiger partial charge in [-0.1, -0.05) is 37.3 Å². The van der Waals surface area contributed by atoms with Gasteiger partial charge < -0.3 is 14.5 Å². The van der Waals surface area contributed by atoms with Gasteiger partial charge in [-0.2, -0.15) is 4.98 Å². The normalized spacial score (nSPS) is 18.1. The lowest BCUT2D eigenvalue weighted by Crippen LogP contribution is -2.57. The number of carbonyl (C=O) groups excluding carboxylic acids is 1. The molecular weight excluding hydrogens is 430 g/mol. The molecule has 4 rings (SSSR count). The molecule has 1 fully saturated rings. The predicted molar refractivity (Wildman–Crippen MR) is 130 cm³/mol. The largest absolute Gasteiger partial charge is 0.465 e. The maximum Gasteiger partial charge on any atom is 0.305 e. The number of piperazine rings is 1. The second kappa shape index (κ2) is 11.0. The third-order valence-electron chi connectivity index (χ3n) is 5.79. The average Bonchev–Trinajstić information content (AvgIpc) is 2.85. The van der Waals surface area contributed by atoms with Gasteiger partial charge in [0, 0.05) is 49.8 Å². The van der Waals surface area contributed by atoms with E-state index < -0.39 is 0 Å². The highest BCUT2D eigenvalue weighted by molar-refractivity contribution is 5.69. The van der Waals surface area contributed by atoms with Crippen LogP contribution in [0.3, 0.4) is 0 Å². The molecule has 1 aliphatic rings. The molecule has 9 nitrogen and oxygen atoms in total. The van der Waals surface area contributed by atoms with E-state index in [2.05, 4.69) is 38.6 Å². The van der Waals surface area contributed by atoms with E-state index in [1.54, 1.807) is 12.5 Å². The smallest absolute Gasteiger partial charge is 0.305 e. The number of hydrogen-bond acceptors (Lipinski definition) is 9. The summed E-state index contributed by atoms with van der Waals surface area (Å²) in [6, 6.07) is 12.2. The van der Waals surface area contributed by atoms with E-state index in [0.29, 0.717) is 37.0 Å². The molecule has 2 atom stereocenters. The molecule has 3 heterocycles. The zero-order valence-electron chi connectivity index (χ0n) is 20.0. The lowest BCUT2D eigenvalue weighted by molar-refractivity contribution is -0.143. The number of ether oxygens (including phenoxy) is 1. The number of esters is 1. The standard InChI is InChI=1S/C25H31N7O2/c1-4-8-23(33)34-14-12-21-26-13-11-22(29-21)32-18(2)15-31(16-19(32)3)25-28-17-27-24(30-25)20-9-6-5-7-10-20/h5-7,9-11,13,17-19H,4,8,12,14-16H2,1-3H3/t18-,19?/m0/s1. The molecule has 3 aromatic rings. The lowest BCUT2D eigenvalue weighted by atomic mass is 10.1. The summed E-state index contributed by atoms with van der Waals surface area (Å²) in [6.07, 6.45) is 5.07. The van der Waals surface area contributed by atoms with Crippen molar-refractivity contribution in [1.29, 1.82) is 0 Å². The second-order valence-corrected chi connectivity index (χ2v) is 8.54. The highest BCUT2D eigenvalue weighted by atomic mass is 16.5. The SMILES string of the molecule is CCCC(=O)OCCc1nccc(N2C(C)CN(c3ncnc(-c4ccccc4)n3)C[C@@H]2C)n1. The maximum absolute atomic E-state index is 11.6. The van der Waals surface area contributed by atoms with Crippen molar-refractivity contribution in [3.05, 3.63) is 54.7 Å². The number of anilines is 2. The molecule has 34 heavy (non-hydrogen) atoms. The Morgan fingerprint density at radius 3 is 2.53 bits per heavy atom. The van der Waals surface area contributed by atoms with E-state index in [1.807, 2.05) is 43.3 Å². The van der Waals surface area contributed by atoms with Crippen LogP contribution in [0.1, 0.15) is 39.4 Å². The first-order valence-electron chi connectivity index (χ1n) is 11.8. The third-order valence-corrected chi connectivity index (χ3v) is 5.79. The number of hydrogen-bond donors (Lipinski definition) is 0. The topological polar surface area (TPSA) is 97.2 Å². The van der Waals surface area contributed by atoms with Gasteiger partial charge in [-0.25, -0.2) is 19.9 Å². The van der Waals surface area contributed by atoms with Crippen LogP contribution in [0.2, 0.25) is 0 Å². The summed E-state index contributed by atoms with van der Waals surface area (Å²) >= 11 is 0. The molecule has 0 N–H and O–H groups in total. The fourth-order valence-corrected chi connectivity index (χ4v) is 4.29. The fraction of sp³-hybridized carbons (Fsp3) is 0.440. The maximum atomic E-state index is 11.6. The Kier molecular flexibility index (Phi) is 7.61. The third kappa shape index (κ3) is 5.65. The molecule has 0 saturated carbocycles. The number of rotatable bonds is 8. The van der Waals surface area contributed by atoms with Crippen molar-refractivity contribution in [1.82, 2.24) is 24.9 Å². The molecule has 1 unspecified atom stereocenters. The van der Waals surface area contributed by atoms with Crippen molar-refractivity contribution in [3.63, 3.8) is 0 Å². The summed E-state index contributed by atoms with van der Waals surface area (Å²) in [6.45, 7) is 8.13. The molecule has 178 valence electrons. The van der Waals surface area contributed by atoms with Gasteiger partial charge in [-0.05, 0) is 26.3 Å². The summed E-state index contributed by atoms with van der Waals surface area (Å²) in [5, 5.41) is 0. The number of nitrogens with zero attached hydrogens (tertiary/aromatic N) is 7. The van der Waals surface area contributed by atoms with Gasteiger partial charge in [0.2, 0.25) is 5.95 Å². The summed E-state index contributed by atoms with van der Waals surface area (Å²) < 4.78 is 5.26. The summed E-state index contributed by atoms with van der Waals surface area (Å²) in [5.74, 6) is 2.74. The zero-order valence-corrected chi connectivity index (χ0v) is 20.0. The lowest BCUT2D eigenvalue weighted by Gasteiger charge is -2.45. The molecule has 9 heteroatoms. The monoisotopic (exact) mass is 461 g/mol. The molecular formula is C25H31N7O2. The van der Waals surface area contributed by atoms with Gasteiger partial charge in [0.15, 0.2) is 5.82 Å². The Morgan fingerprint density at radius 2 is 1.79 bits per heavy atom. The molecule has 0 spiro atoms. The molecule has 2 aromatic heterocycles. The van der Waals surface area contributed by atoms with Gasteiger partial charge in [-0.3, -0.25) is 4.79 Å². The minimum absolute atomic E-state index is 0.175. The quantitative estimate of drug-likeness (QED) is 0.468. The van der Waals surface area contributed by atoms with Crippen molar-refractivity contribution < 1.29 is 9.53 Å². The first kappa shape index (κ1) is 23.5. The molecule has 0 radical (unpaired) electrons.